The van der Waals surface area contributed by atoms with Crippen molar-refractivity contribution in [3.8, 4) is 0 Å². The smallest absolute Gasteiger partial charge is 0.246 e. The Morgan fingerprint density at radius 2 is 1.68 bits per heavy atom. The minimum Gasteiger partial charge on any atom is -0.359 e. The van der Waals surface area contributed by atoms with Crippen LogP contribution < -0.4 is 5.32 Å². The Morgan fingerprint density at radius 1 is 1.04 bits per heavy atom. The van der Waals surface area contributed by atoms with E-state index in [9.17, 15) is 4.79 Å². The molecule has 1 N–H and O–H groups in total. The summed E-state index contributed by atoms with van der Waals surface area (Å²) in [6.07, 6.45) is 2.67. The van der Waals surface area contributed by atoms with Crippen molar-refractivity contribution in [1.29, 1.82) is 0 Å². The predicted molar refractivity (Wildman–Crippen MR) is 113 cm³/mol. The number of hydrogen-bond donors (Lipinski definition) is 1. The zero-order chi connectivity index (χ0) is 19.6. The van der Waals surface area contributed by atoms with Gasteiger partial charge in [-0.2, -0.15) is 0 Å². The van der Waals surface area contributed by atoms with E-state index in [0.717, 1.165) is 36.1 Å². The maximum Gasteiger partial charge on any atom is 0.246 e. The average Bonchev–Trinajstić information content (AvgIpc) is 3.14. The lowest BCUT2D eigenvalue weighted by atomic mass is 10.0. The van der Waals surface area contributed by atoms with Gasteiger partial charge in [-0.1, -0.05) is 60.7 Å². The fraction of sp³-hybridized carbons (Fsp3) is 0.304. The lowest BCUT2D eigenvalue weighted by Crippen LogP contribution is -2.29. The predicted octanol–water partition coefficient (Wildman–Crippen LogP) is 4.70. The molecule has 3 rings (SSSR count). The van der Waals surface area contributed by atoms with Crippen molar-refractivity contribution in [2.75, 3.05) is 13.2 Å². The van der Waals surface area contributed by atoms with E-state index in [1.54, 1.807) is 11.3 Å². The number of carbonyl (C=O) groups is 1. The third kappa shape index (κ3) is 6.29. The fourth-order valence-corrected chi connectivity index (χ4v) is 3.82. The van der Waals surface area contributed by atoms with Crippen LogP contribution in [-0.4, -0.2) is 24.0 Å². The molecule has 2 aromatic carbocycles. The van der Waals surface area contributed by atoms with Crippen molar-refractivity contribution in [2.45, 2.75) is 32.3 Å². The van der Waals surface area contributed by atoms with Crippen LogP contribution in [0.3, 0.4) is 0 Å². The molecule has 0 spiro atoms. The average molecular weight is 395 g/mol. The Hall–Kier alpha value is -2.50. The second-order valence-corrected chi connectivity index (χ2v) is 7.64. The maximum absolute atomic E-state index is 12.2. The van der Waals surface area contributed by atoms with E-state index in [2.05, 4.69) is 15.7 Å². The number of nitrogens with zero attached hydrogens (tertiary/aromatic N) is 1. The van der Waals surface area contributed by atoms with Gasteiger partial charge in [-0.05, 0) is 37.3 Å². The number of rotatable bonds is 10. The summed E-state index contributed by atoms with van der Waals surface area (Å²) in [5.41, 5.74) is 3.16. The van der Waals surface area contributed by atoms with Gasteiger partial charge in [0.15, 0.2) is 0 Å². The summed E-state index contributed by atoms with van der Waals surface area (Å²) >= 11 is 1.70. The molecule has 0 aliphatic carbocycles. The van der Waals surface area contributed by atoms with Crippen LogP contribution in [0.1, 0.15) is 40.8 Å². The maximum atomic E-state index is 12.2. The first-order valence-electron chi connectivity index (χ1n) is 9.61. The molecule has 4 nitrogen and oxygen atoms in total. The van der Waals surface area contributed by atoms with Gasteiger partial charge >= 0.3 is 0 Å². The van der Waals surface area contributed by atoms with Gasteiger partial charge in [-0.25, -0.2) is 4.98 Å². The van der Waals surface area contributed by atoms with Gasteiger partial charge in [0.1, 0.15) is 12.7 Å². The molecule has 146 valence electrons. The Bertz CT molecular complexity index is 810. The highest BCUT2D eigenvalue weighted by Gasteiger charge is 2.15. The molecular weight excluding hydrogens is 368 g/mol. The van der Waals surface area contributed by atoms with E-state index < -0.39 is 0 Å². The minimum atomic E-state index is -0.249. The summed E-state index contributed by atoms with van der Waals surface area (Å²) in [6.45, 7) is 2.71. The van der Waals surface area contributed by atoms with Crippen molar-refractivity contribution in [1.82, 2.24) is 10.3 Å². The summed E-state index contributed by atoms with van der Waals surface area (Å²) < 4.78 is 5.98. The number of carbonyl (C=O) groups excluding carboxylic acids is 1. The van der Waals surface area contributed by atoms with E-state index >= 15 is 0 Å². The van der Waals surface area contributed by atoms with Crippen molar-refractivity contribution in [3.63, 3.8) is 0 Å². The first-order chi connectivity index (χ1) is 13.7. The molecule has 5 heteroatoms. The van der Waals surface area contributed by atoms with Gasteiger partial charge < -0.3 is 10.1 Å². The van der Waals surface area contributed by atoms with Gasteiger partial charge in [-0.3, -0.25) is 4.79 Å². The van der Waals surface area contributed by atoms with E-state index in [-0.39, 0.29) is 18.6 Å². The summed E-state index contributed by atoms with van der Waals surface area (Å²) in [5, 5.41) is 6.19. The molecular formula is C23H26N2O2S. The van der Waals surface area contributed by atoms with Crippen LogP contribution in [0.5, 0.6) is 0 Å². The number of aryl methyl sites for hydroxylation is 2. The monoisotopic (exact) mass is 394 g/mol. The van der Waals surface area contributed by atoms with Crippen molar-refractivity contribution in [3.05, 3.63) is 87.9 Å². The first-order valence-corrected chi connectivity index (χ1v) is 10.5. The molecule has 0 saturated heterocycles. The number of benzene rings is 2. The number of aromatic nitrogens is 1. The highest BCUT2D eigenvalue weighted by atomic mass is 32.1. The Balaban J connectivity index is 1.43. The molecule has 3 aromatic rings. The number of hydrogen-bond acceptors (Lipinski definition) is 4. The normalized spacial score (nSPS) is 10.9. The minimum absolute atomic E-state index is 0.0418. The quantitative estimate of drug-likeness (QED) is 0.507. The van der Waals surface area contributed by atoms with E-state index in [4.69, 9.17) is 4.74 Å². The molecule has 0 atom stereocenters. The zero-order valence-electron chi connectivity index (χ0n) is 16.1. The number of unbranched alkanes of at least 4 members (excludes halogenated alkanes) is 1. The number of amides is 1. The third-order valence-electron chi connectivity index (χ3n) is 4.39. The van der Waals surface area contributed by atoms with Crippen LogP contribution in [0.4, 0.5) is 0 Å². The van der Waals surface area contributed by atoms with E-state index in [1.807, 2.05) is 67.6 Å². The number of thiazole rings is 1. The second kappa shape index (κ2) is 10.7. The highest BCUT2D eigenvalue weighted by molar-refractivity contribution is 7.09. The lowest BCUT2D eigenvalue weighted by molar-refractivity contribution is -0.127. The molecule has 0 saturated carbocycles. The van der Waals surface area contributed by atoms with Crippen LogP contribution in [0.15, 0.2) is 66.0 Å². The third-order valence-corrected chi connectivity index (χ3v) is 5.42. The van der Waals surface area contributed by atoms with Gasteiger partial charge in [-0.15, -0.1) is 11.3 Å². The standard InChI is InChI=1S/C23H26N2O2S/c1-18-17-28-22(25-18)14-8-9-15-24-21(26)16-27-23(19-10-4-2-5-11-19)20-12-6-3-7-13-20/h2-7,10-13,17,23H,8-9,14-16H2,1H3,(H,24,26). The molecule has 1 aromatic heterocycles. The summed E-state index contributed by atoms with van der Waals surface area (Å²) in [4.78, 5) is 16.7. The van der Waals surface area contributed by atoms with Crippen molar-refractivity contribution < 1.29 is 9.53 Å². The largest absolute Gasteiger partial charge is 0.359 e. The van der Waals surface area contributed by atoms with E-state index in [0.29, 0.717) is 6.54 Å². The van der Waals surface area contributed by atoms with Crippen LogP contribution >= 0.6 is 11.3 Å². The molecule has 1 heterocycles. The summed E-state index contributed by atoms with van der Waals surface area (Å²) in [7, 11) is 0. The molecule has 0 aliphatic heterocycles. The molecule has 0 bridgehead atoms. The Morgan fingerprint density at radius 3 is 2.25 bits per heavy atom. The van der Waals surface area contributed by atoms with Gasteiger partial charge in [0.2, 0.25) is 5.91 Å². The van der Waals surface area contributed by atoms with Gasteiger partial charge in [0.25, 0.3) is 0 Å². The Labute approximate surface area is 170 Å². The van der Waals surface area contributed by atoms with Crippen molar-refractivity contribution >= 4 is 17.2 Å². The molecule has 1 amide bonds. The second-order valence-electron chi connectivity index (χ2n) is 6.70. The van der Waals surface area contributed by atoms with Crippen LogP contribution in [0.25, 0.3) is 0 Å². The van der Waals surface area contributed by atoms with Crippen molar-refractivity contribution in [2.24, 2.45) is 0 Å². The molecule has 0 radical (unpaired) electrons. The fourth-order valence-electron chi connectivity index (χ4n) is 3.00. The molecule has 28 heavy (non-hydrogen) atoms. The van der Waals surface area contributed by atoms with Gasteiger partial charge in [0, 0.05) is 17.6 Å². The topological polar surface area (TPSA) is 51.2 Å². The van der Waals surface area contributed by atoms with Crippen LogP contribution in [-0.2, 0) is 16.0 Å². The molecule has 0 fully saturated rings. The SMILES string of the molecule is Cc1csc(CCCCNC(=O)COC(c2ccccc2)c2ccccc2)n1. The Kier molecular flexibility index (Phi) is 7.76. The summed E-state index contributed by atoms with van der Waals surface area (Å²) in [5.74, 6) is -0.0815. The lowest BCUT2D eigenvalue weighted by Gasteiger charge is -2.18. The van der Waals surface area contributed by atoms with Gasteiger partial charge in [0.05, 0.1) is 5.01 Å². The summed E-state index contributed by atoms with van der Waals surface area (Å²) in [6, 6.07) is 20.0. The molecule has 0 unspecified atom stereocenters. The zero-order valence-corrected chi connectivity index (χ0v) is 17.0. The number of nitrogens with one attached hydrogen (secondary N) is 1. The first kappa shape index (κ1) is 20.2. The molecule has 0 aliphatic rings. The van der Waals surface area contributed by atoms with Crippen LogP contribution in [0.2, 0.25) is 0 Å². The number of ether oxygens (including phenoxy) is 1. The van der Waals surface area contributed by atoms with E-state index in [1.165, 1.54) is 5.01 Å². The van der Waals surface area contributed by atoms with Crippen LogP contribution in [0, 0.1) is 6.92 Å². The highest BCUT2D eigenvalue weighted by Crippen LogP contribution is 2.25.